The maximum Gasteiger partial charge on any atom is 0.339 e. The fraction of sp³-hybridized carbons (Fsp3) is 0.350. The van der Waals surface area contributed by atoms with Crippen LogP contribution in [0.5, 0.6) is 5.75 Å². The number of nitro benzene ring substituents is 1. The van der Waals surface area contributed by atoms with Gasteiger partial charge >= 0.3 is 5.97 Å². The average molecular weight is 434 g/mol. The highest BCUT2D eigenvalue weighted by atomic mass is 32.2. The molecular weight excluding hydrogens is 412 g/mol. The van der Waals surface area contributed by atoms with Crippen LogP contribution in [0.1, 0.15) is 35.2 Å². The molecule has 30 heavy (non-hydrogen) atoms. The molecule has 2 aromatic carbocycles. The number of carbonyl (C=O) groups excluding carboxylic acids is 1. The Balaban J connectivity index is 1.84. The minimum Gasteiger partial charge on any atom is -0.496 e. The van der Waals surface area contributed by atoms with Gasteiger partial charge < -0.3 is 9.47 Å². The maximum absolute atomic E-state index is 13.0. The van der Waals surface area contributed by atoms with Crippen molar-refractivity contribution in [1.29, 1.82) is 0 Å². The van der Waals surface area contributed by atoms with E-state index in [4.69, 9.17) is 9.47 Å². The second-order valence-corrected chi connectivity index (χ2v) is 8.70. The topological polar surface area (TPSA) is 116 Å². The number of sulfonamides is 1. The molecule has 0 unspecified atom stereocenters. The highest BCUT2D eigenvalue weighted by Gasteiger charge is 2.30. The number of hydrogen-bond acceptors (Lipinski definition) is 7. The first kappa shape index (κ1) is 21.7. The number of non-ortho nitro benzene ring substituents is 1. The fourth-order valence-electron chi connectivity index (χ4n) is 3.32. The van der Waals surface area contributed by atoms with Gasteiger partial charge in [-0.2, -0.15) is 4.31 Å². The summed E-state index contributed by atoms with van der Waals surface area (Å²) >= 11 is 0. The van der Waals surface area contributed by atoms with E-state index in [0.717, 1.165) is 19.3 Å². The van der Waals surface area contributed by atoms with Crippen LogP contribution in [0.25, 0.3) is 0 Å². The minimum atomic E-state index is -3.83. The molecule has 1 fully saturated rings. The zero-order valence-electron chi connectivity index (χ0n) is 16.4. The molecule has 0 spiro atoms. The molecule has 1 saturated heterocycles. The number of nitro groups is 1. The van der Waals surface area contributed by atoms with Crippen LogP contribution in [0, 0.1) is 10.1 Å². The van der Waals surface area contributed by atoms with Crippen molar-refractivity contribution >= 4 is 21.7 Å². The molecule has 9 nitrogen and oxygen atoms in total. The number of carbonyl (C=O) groups is 1. The fourth-order valence-corrected chi connectivity index (χ4v) is 5.01. The molecule has 10 heteroatoms. The van der Waals surface area contributed by atoms with E-state index in [1.807, 2.05) is 0 Å². The molecule has 0 radical (unpaired) electrons. The predicted molar refractivity (Wildman–Crippen MR) is 108 cm³/mol. The van der Waals surface area contributed by atoms with Crippen LogP contribution < -0.4 is 4.74 Å². The predicted octanol–water partition coefficient (Wildman–Crippen LogP) is 3.14. The number of piperidine rings is 1. The van der Waals surface area contributed by atoms with E-state index in [2.05, 4.69) is 0 Å². The van der Waals surface area contributed by atoms with Crippen LogP contribution >= 0.6 is 0 Å². The number of benzene rings is 2. The lowest BCUT2D eigenvalue weighted by Gasteiger charge is -2.26. The number of methoxy groups -OCH3 is 1. The summed E-state index contributed by atoms with van der Waals surface area (Å²) in [6.45, 7) is 0.523. The maximum atomic E-state index is 13.0. The van der Waals surface area contributed by atoms with E-state index >= 15 is 0 Å². The summed E-state index contributed by atoms with van der Waals surface area (Å²) in [4.78, 5) is 23.0. The van der Waals surface area contributed by atoms with Crippen molar-refractivity contribution in [2.45, 2.75) is 30.8 Å². The zero-order valence-corrected chi connectivity index (χ0v) is 17.3. The van der Waals surface area contributed by atoms with Gasteiger partial charge in [0.05, 0.1) is 22.5 Å². The molecule has 0 N–H and O–H groups in total. The minimum absolute atomic E-state index is 0.0764. The normalized spacial score (nSPS) is 14.8. The molecule has 0 bridgehead atoms. The summed E-state index contributed by atoms with van der Waals surface area (Å²) in [5.41, 5.74) is 0.0545. The van der Waals surface area contributed by atoms with Crippen LogP contribution in [0.15, 0.2) is 47.4 Å². The molecule has 1 heterocycles. The number of ether oxygens (including phenoxy) is 2. The lowest BCUT2D eigenvalue weighted by Crippen LogP contribution is -2.36. The zero-order chi connectivity index (χ0) is 21.7. The molecule has 0 saturated carbocycles. The summed E-state index contributed by atoms with van der Waals surface area (Å²) in [7, 11) is -2.44. The van der Waals surface area contributed by atoms with Gasteiger partial charge in [0, 0.05) is 30.8 Å². The molecule has 0 amide bonds. The van der Waals surface area contributed by atoms with Crippen LogP contribution in [-0.4, -0.2) is 43.8 Å². The lowest BCUT2D eigenvalue weighted by molar-refractivity contribution is -0.385. The van der Waals surface area contributed by atoms with Crippen LogP contribution in [0.3, 0.4) is 0 Å². The van der Waals surface area contributed by atoms with Gasteiger partial charge in [0.1, 0.15) is 12.4 Å². The standard InChI is InChI=1S/C20H22N2O7S/c1-28-18-10-9-16(22(24)25)13-15(18)14-29-20(23)17-7-3-4-8-19(17)30(26,27)21-11-5-2-6-12-21/h3-4,7-10,13H,2,5-6,11-12,14H2,1H3. The molecule has 0 atom stereocenters. The first-order chi connectivity index (χ1) is 14.3. The van der Waals surface area contributed by atoms with Crippen LogP contribution in [0.2, 0.25) is 0 Å². The van der Waals surface area contributed by atoms with E-state index in [1.165, 1.54) is 41.7 Å². The second-order valence-electron chi connectivity index (χ2n) is 6.79. The van der Waals surface area contributed by atoms with Crippen molar-refractivity contribution in [2.75, 3.05) is 20.2 Å². The molecule has 160 valence electrons. The van der Waals surface area contributed by atoms with Crippen molar-refractivity contribution in [3.63, 3.8) is 0 Å². The lowest BCUT2D eigenvalue weighted by atomic mass is 10.2. The van der Waals surface area contributed by atoms with Crippen LogP contribution in [0.4, 0.5) is 5.69 Å². The third kappa shape index (κ3) is 4.60. The van der Waals surface area contributed by atoms with Gasteiger partial charge in [0.15, 0.2) is 0 Å². The van der Waals surface area contributed by atoms with Gasteiger partial charge in [-0.1, -0.05) is 18.6 Å². The van der Waals surface area contributed by atoms with E-state index in [0.29, 0.717) is 24.4 Å². The number of rotatable bonds is 7. The Morgan fingerprint density at radius 2 is 1.83 bits per heavy atom. The van der Waals surface area contributed by atoms with Crippen molar-refractivity contribution in [3.8, 4) is 5.75 Å². The van der Waals surface area contributed by atoms with Gasteiger partial charge in [-0.25, -0.2) is 13.2 Å². The Bertz CT molecular complexity index is 1050. The Morgan fingerprint density at radius 3 is 2.50 bits per heavy atom. The van der Waals surface area contributed by atoms with Crippen molar-refractivity contribution in [1.82, 2.24) is 4.31 Å². The van der Waals surface area contributed by atoms with Gasteiger partial charge in [-0.05, 0) is 31.0 Å². The first-order valence-electron chi connectivity index (χ1n) is 9.42. The molecule has 3 rings (SSSR count). The number of nitrogens with zero attached hydrogens (tertiary/aromatic N) is 2. The molecule has 2 aromatic rings. The molecular formula is C20H22N2O7S. The van der Waals surface area contributed by atoms with Crippen molar-refractivity contribution < 1.29 is 27.6 Å². The number of esters is 1. The van der Waals surface area contributed by atoms with Gasteiger partial charge in [-0.3, -0.25) is 10.1 Å². The highest BCUT2D eigenvalue weighted by Crippen LogP contribution is 2.27. The number of hydrogen-bond donors (Lipinski definition) is 0. The molecule has 1 aliphatic rings. The Labute approximate surface area is 174 Å². The molecule has 0 aliphatic carbocycles. The summed E-state index contributed by atoms with van der Waals surface area (Å²) in [6, 6.07) is 9.83. The molecule has 0 aromatic heterocycles. The van der Waals surface area contributed by atoms with E-state index in [9.17, 15) is 23.3 Å². The Morgan fingerprint density at radius 1 is 1.13 bits per heavy atom. The summed E-state index contributed by atoms with van der Waals surface area (Å²) in [5, 5.41) is 11.0. The summed E-state index contributed by atoms with van der Waals surface area (Å²) in [6.07, 6.45) is 2.53. The van der Waals surface area contributed by atoms with E-state index in [1.54, 1.807) is 12.1 Å². The van der Waals surface area contributed by atoms with Crippen molar-refractivity contribution in [2.24, 2.45) is 0 Å². The van der Waals surface area contributed by atoms with Gasteiger partial charge in [0.2, 0.25) is 10.0 Å². The van der Waals surface area contributed by atoms with E-state index < -0.39 is 20.9 Å². The quantitative estimate of drug-likeness (QED) is 0.373. The summed E-state index contributed by atoms with van der Waals surface area (Å²) < 4.78 is 37.9. The van der Waals surface area contributed by atoms with Crippen LogP contribution in [-0.2, 0) is 21.4 Å². The third-order valence-electron chi connectivity index (χ3n) is 4.87. The monoisotopic (exact) mass is 434 g/mol. The Kier molecular flexibility index (Phi) is 6.68. The van der Waals surface area contributed by atoms with Crippen molar-refractivity contribution in [3.05, 3.63) is 63.7 Å². The van der Waals surface area contributed by atoms with Gasteiger partial charge in [0.25, 0.3) is 5.69 Å². The van der Waals surface area contributed by atoms with Gasteiger partial charge in [-0.15, -0.1) is 0 Å². The summed E-state index contributed by atoms with van der Waals surface area (Å²) in [5.74, 6) is -0.512. The average Bonchev–Trinajstić information content (AvgIpc) is 2.77. The Hall–Kier alpha value is -2.98. The molecule has 1 aliphatic heterocycles. The smallest absolute Gasteiger partial charge is 0.339 e. The second kappa shape index (κ2) is 9.23. The van der Waals surface area contributed by atoms with E-state index in [-0.39, 0.29) is 22.8 Å². The SMILES string of the molecule is COc1ccc([N+](=O)[O-])cc1COC(=O)c1ccccc1S(=O)(=O)N1CCCCC1. The third-order valence-corrected chi connectivity index (χ3v) is 6.83. The first-order valence-corrected chi connectivity index (χ1v) is 10.9. The largest absolute Gasteiger partial charge is 0.496 e. The highest BCUT2D eigenvalue weighted by molar-refractivity contribution is 7.89.